The van der Waals surface area contributed by atoms with Gasteiger partial charge in [0, 0.05) is 6.42 Å². The average Bonchev–Trinajstić information content (AvgIpc) is 2.54. The van der Waals surface area contributed by atoms with Crippen LogP contribution in [0.15, 0.2) is 0 Å². The highest BCUT2D eigenvalue weighted by Crippen LogP contribution is 2.20. The van der Waals surface area contributed by atoms with Crippen molar-refractivity contribution in [2.45, 2.75) is 121 Å². The highest BCUT2D eigenvalue weighted by Gasteiger charge is 2.35. The van der Waals surface area contributed by atoms with E-state index < -0.39 is 17.8 Å². The van der Waals surface area contributed by atoms with Gasteiger partial charge in [-0.3, -0.25) is 4.79 Å². The molecule has 0 amide bonds. The van der Waals surface area contributed by atoms with E-state index in [1.54, 1.807) is 0 Å². The number of carbonyl (C=O) groups is 1. The SMILES string of the molecule is CCCCCCCCCCCCCCCCC(N)(CC(O)O)C(=O)O. The molecule has 5 heteroatoms. The van der Waals surface area contributed by atoms with E-state index in [1.165, 1.54) is 70.6 Å². The van der Waals surface area contributed by atoms with Crippen LogP contribution >= 0.6 is 0 Å². The largest absolute Gasteiger partial charge is 0.480 e. The van der Waals surface area contributed by atoms with Crippen molar-refractivity contribution in [3.63, 3.8) is 0 Å². The van der Waals surface area contributed by atoms with Crippen molar-refractivity contribution in [2.75, 3.05) is 0 Å². The molecule has 0 radical (unpaired) electrons. The van der Waals surface area contributed by atoms with Crippen LogP contribution in [0.5, 0.6) is 0 Å². The molecule has 0 aromatic carbocycles. The van der Waals surface area contributed by atoms with Crippen LogP contribution in [0.3, 0.4) is 0 Å². The highest BCUT2D eigenvalue weighted by molar-refractivity contribution is 5.78. The van der Waals surface area contributed by atoms with Crippen LogP contribution in [0.25, 0.3) is 0 Å². The second-order valence-electron chi connectivity index (χ2n) is 7.49. The summed E-state index contributed by atoms with van der Waals surface area (Å²) >= 11 is 0. The zero-order chi connectivity index (χ0) is 19.0. The van der Waals surface area contributed by atoms with Crippen LogP contribution in [0, 0.1) is 0 Å². The molecule has 1 unspecified atom stereocenters. The van der Waals surface area contributed by atoms with E-state index in [-0.39, 0.29) is 12.8 Å². The smallest absolute Gasteiger partial charge is 0.323 e. The van der Waals surface area contributed by atoms with Gasteiger partial charge in [-0.05, 0) is 6.42 Å². The summed E-state index contributed by atoms with van der Waals surface area (Å²) in [6.07, 6.45) is 15.7. The van der Waals surface area contributed by atoms with Crippen LogP contribution < -0.4 is 5.73 Å². The Morgan fingerprint density at radius 2 is 1.16 bits per heavy atom. The first-order chi connectivity index (χ1) is 11.9. The maximum absolute atomic E-state index is 11.2. The molecule has 1 atom stereocenters. The van der Waals surface area contributed by atoms with Gasteiger partial charge < -0.3 is 21.1 Å². The monoisotopic (exact) mass is 359 g/mol. The van der Waals surface area contributed by atoms with Gasteiger partial charge in [0.25, 0.3) is 0 Å². The predicted molar refractivity (Wildman–Crippen MR) is 102 cm³/mol. The number of rotatable bonds is 18. The molecule has 150 valence electrons. The summed E-state index contributed by atoms with van der Waals surface area (Å²) < 4.78 is 0. The van der Waals surface area contributed by atoms with Crippen molar-refractivity contribution < 1.29 is 20.1 Å². The molecule has 0 aliphatic carbocycles. The third-order valence-corrected chi connectivity index (χ3v) is 4.95. The van der Waals surface area contributed by atoms with E-state index in [1.807, 2.05) is 0 Å². The molecule has 0 saturated heterocycles. The van der Waals surface area contributed by atoms with Crippen molar-refractivity contribution in [1.82, 2.24) is 0 Å². The molecule has 5 nitrogen and oxygen atoms in total. The van der Waals surface area contributed by atoms with Crippen molar-refractivity contribution in [1.29, 1.82) is 0 Å². The summed E-state index contributed by atoms with van der Waals surface area (Å²) in [4.78, 5) is 11.2. The molecular formula is C20H41NO4. The van der Waals surface area contributed by atoms with Crippen LogP contribution in [0.2, 0.25) is 0 Å². The lowest BCUT2D eigenvalue weighted by Crippen LogP contribution is -2.50. The molecule has 0 fully saturated rings. The van der Waals surface area contributed by atoms with Crippen LogP contribution in [0.1, 0.15) is 110 Å². The molecule has 0 rings (SSSR count). The number of aliphatic hydroxyl groups is 2. The number of nitrogens with two attached hydrogens (primary N) is 1. The molecular weight excluding hydrogens is 318 g/mol. The number of aliphatic carboxylic acids is 1. The minimum Gasteiger partial charge on any atom is -0.480 e. The van der Waals surface area contributed by atoms with Crippen molar-refractivity contribution in [2.24, 2.45) is 5.73 Å². The number of aliphatic hydroxyl groups excluding tert-OH is 1. The molecule has 0 bridgehead atoms. The maximum Gasteiger partial charge on any atom is 0.323 e. The van der Waals surface area contributed by atoms with Gasteiger partial charge in [-0.15, -0.1) is 0 Å². The van der Waals surface area contributed by atoms with Gasteiger partial charge in [-0.25, -0.2) is 0 Å². The third-order valence-electron chi connectivity index (χ3n) is 4.95. The fourth-order valence-electron chi connectivity index (χ4n) is 3.26. The average molecular weight is 360 g/mol. The number of unbranched alkanes of at least 4 members (excludes halogenated alkanes) is 13. The maximum atomic E-state index is 11.2. The first-order valence-electron chi connectivity index (χ1n) is 10.3. The molecule has 0 aliphatic heterocycles. The second kappa shape index (κ2) is 15.6. The van der Waals surface area contributed by atoms with Gasteiger partial charge in [-0.2, -0.15) is 0 Å². The van der Waals surface area contributed by atoms with Crippen LogP contribution in [-0.2, 0) is 4.79 Å². The lowest BCUT2D eigenvalue weighted by atomic mass is 9.89. The van der Waals surface area contributed by atoms with Gasteiger partial charge in [0.15, 0.2) is 6.29 Å². The van der Waals surface area contributed by atoms with Gasteiger partial charge in [0.1, 0.15) is 5.54 Å². The number of carboxylic acids is 1. The summed E-state index contributed by atoms with van der Waals surface area (Å²) in [5, 5.41) is 27.1. The van der Waals surface area contributed by atoms with Crippen LogP contribution in [-0.4, -0.2) is 33.1 Å². The molecule has 0 heterocycles. The summed E-state index contributed by atoms with van der Waals surface area (Å²) in [7, 11) is 0. The number of hydrogen-bond donors (Lipinski definition) is 4. The Kier molecular flexibility index (Phi) is 15.2. The Bertz CT molecular complexity index is 323. The van der Waals surface area contributed by atoms with E-state index in [2.05, 4.69) is 6.92 Å². The lowest BCUT2D eigenvalue weighted by molar-refractivity contribution is -0.148. The van der Waals surface area contributed by atoms with E-state index in [9.17, 15) is 4.79 Å². The predicted octanol–water partition coefficient (Wildman–Crippen LogP) is 4.34. The Balaban J connectivity index is 3.44. The zero-order valence-corrected chi connectivity index (χ0v) is 16.2. The van der Waals surface area contributed by atoms with E-state index in [0.717, 1.165) is 12.8 Å². The molecule has 0 saturated carbocycles. The quantitative estimate of drug-likeness (QED) is 0.215. The van der Waals surface area contributed by atoms with E-state index in [0.29, 0.717) is 6.42 Å². The molecule has 0 spiro atoms. The lowest BCUT2D eigenvalue weighted by Gasteiger charge is -2.25. The first kappa shape index (κ1) is 24.4. The van der Waals surface area contributed by atoms with Gasteiger partial charge >= 0.3 is 5.97 Å². The summed E-state index contributed by atoms with van der Waals surface area (Å²) in [5.74, 6) is -1.16. The fourth-order valence-corrected chi connectivity index (χ4v) is 3.26. The molecule has 0 aromatic rings. The molecule has 0 aromatic heterocycles. The van der Waals surface area contributed by atoms with Gasteiger partial charge in [0.2, 0.25) is 0 Å². The fraction of sp³-hybridized carbons (Fsp3) is 0.950. The molecule has 25 heavy (non-hydrogen) atoms. The summed E-state index contributed by atoms with van der Waals surface area (Å²) in [5.41, 5.74) is 4.25. The number of carboxylic acid groups (broad SMARTS) is 1. The third kappa shape index (κ3) is 14.2. The zero-order valence-electron chi connectivity index (χ0n) is 16.2. The van der Waals surface area contributed by atoms with Gasteiger partial charge in [-0.1, -0.05) is 96.8 Å². The Labute approximate surface area is 154 Å². The van der Waals surface area contributed by atoms with Crippen molar-refractivity contribution in [3.8, 4) is 0 Å². The normalized spacial score (nSPS) is 14.0. The minimum absolute atomic E-state index is 0.290. The first-order valence-corrected chi connectivity index (χ1v) is 10.3. The Morgan fingerprint density at radius 3 is 1.48 bits per heavy atom. The minimum atomic E-state index is -1.67. The molecule has 5 N–H and O–H groups in total. The molecule has 0 aliphatic rings. The Hall–Kier alpha value is -0.650. The highest BCUT2D eigenvalue weighted by atomic mass is 16.5. The van der Waals surface area contributed by atoms with Gasteiger partial charge in [0.05, 0.1) is 0 Å². The summed E-state index contributed by atoms with van der Waals surface area (Å²) in [6, 6.07) is 0. The number of hydrogen-bond acceptors (Lipinski definition) is 4. The topological polar surface area (TPSA) is 104 Å². The Morgan fingerprint density at radius 1 is 0.800 bits per heavy atom. The standard InChI is InChI=1S/C20H41NO4/c1-2-3-4-5-6-7-8-9-10-11-12-13-14-15-16-20(21,19(24)25)17-18(22)23/h18,22-23H,2-17,21H2,1H3,(H,24,25). The van der Waals surface area contributed by atoms with Crippen molar-refractivity contribution in [3.05, 3.63) is 0 Å². The van der Waals surface area contributed by atoms with Crippen LogP contribution in [0.4, 0.5) is 0 Å². The second-order valence-corrected chi connectivity index (χ2v) is 7.49. The summed E-state index contributed by atoms with van der Waals surface area (Å²) in [6.45, 7) is 2.25. The van der Waals surface area contributed by atoms with Crippen molar-refractivity contribution >= 4 is 5.97 Å². The van der Waals surface area contributed by atoms with E-state index >= 15 is 0 Å². The van der Waals surface area contributed by atoms with E-state index in [4.69, 9.17) is 21.1 Å².